The van der Waals surface area contributed by atoms with Crippen LogP contribution in [0.25, 0.3) is 0 Å². The first-order valence-electron chi connectivity index (χ1n) is 9.96. The fraction of sp³-hybridized carbons (Fsp3) is 0.650. The molecule has 3 aliphatic rings. The first kappa shape index (κ1) is 21.8. The monoisotopic (exact) mass is 521 g/mol. The smallest absolute Gasteiger partial charge is 0.191 e. The Balaban J connectivity index is 0.00000225. The molecule has 0 spiro atoms. The summed E-state index contributed by atoms with van der Waals surface area (Å²) < 4.78 is 36.8. The fourth-order valence-corrected chi connectivity index (χ4v) is 6.69. The van der Waals surface area contributed by atoms with Crippen molar-refractivity contribution in [2.45, 2.75) is 44.7 Å². The van der Waals surface area contributed by atoms with E-state index in [1.165, 1.54) is 37.8 Å². The summed E-state index contributed by atoms with van der Waals surface area (Å²) in [5, 5.41) is 6.92. The third kappa shape index (κ3) is 5.58. The van der Waals surface area contributed by atoms with E-state index < -0.39 is 9.84 Å². The van der Waals surface area contributed by atoms with Crippen LogP contribution in [-0.2, 0) is 16.4 Å². The second-order valence-corrected chi connectivity index (χ2v) is 10.6. The van der Waals surface area contributed by atoms with E-state index in [1.54, 1.807) is 6.07 Å². The van der Waals surface area contributed by atoms with Gasteiger partial charge in [-0.2, -0.15) is 0 Å². The molecular formula is C20H29FIN3O2S. The van der Waals surface area contributed by atoms with Crippen molar-refractivity contribution in [1.82, 2.24) is 10.6 Å². The number of fused-ring (bicyclic) bond motifs is 2. The van der Waals surface area contributed by atoms with Gasteiger partial charge in [0.25, 0.3) is 0 Å². The van der Waals surface area contributed by atoms with Crippen LogP contribution in [0.1, 0.15) is 37.7 Å². The van der Waals surface area contributed by atoms with Gasteiger partial charge in [0.2, 0.25) is 0 Å². The number of sulfone groups is 1. The van der Waals surface area contributed by atoms with Crippen LogP contribution >= 0.6 is 24.0 Å². The van der Waals surface area contributed by atoms with Crippen LogP contribution in [0.5, 0.6) is 0 Å². The molecule has 2 bridgehead atoms. The van der Waals surface area contributed by atoms with Gasteiger partial charge < -0.3 is 10.6 Å². The molecule has 0 radical (unpaired) electrons. The highest BCUT2D eigenvalue weighted by molar-refractivity contribution is 14.0. The molecule has 28 heavy (non-hydrogen) atoms. The number of guanidine groups is 1. The van der Waals surface area contributed by atoms with Gasteiger partial charge in [0, 0.05) is 12.6 Å². The average molecular weight is 521 g/mol. The summed E-state index contributed by atoms with van der Waals surface area (Å²) >= 11 is 0. The number of aliphatic imine (C=N–C) groups is 1. The second kappa shape index (κ2) is 9.28. The molecule has 1 aliphatic heterocycles. The van der Waals surface area contributed by atoms with Crippen molar-refractivity contribution < 1.29 is 12.8 Å². The Hall–Kier alpha value is -0.900. The number of rotatable bonds is 5. The van der Waals surface area contributed by atoms with Crippen LogP contribution in [-0.4, -0.2) is 38.5 Å². The predicted molar refractivity (Wildman–Crippen MR) is 120 cm³/mol. The number of hydrogen-bond acceptors (Lipinski definition) is 3. The number of halogens is 2. The quantitative estimate of drug-likeness (QED) is 0.355. The van der Waals surface area contributed by atoms with E-state index in [-0.39, 0.29) is 47.2 Å². The van der Waals surface area contributed by atoms with Crippen molar-refractivity contribution in [1.29, 1.82) is 0 Å². The van der Waals surface area contributed by atoms with Gasteiger partial charge in [0.1, 0.15) is 5.82 Å². The lowest BCUT2D eigenvalue weighted by Gasteiger charge is -2.26. The Labute approximate surface area is 183 Å². The number of nitrogens with one attached hydrogen (secondary N) is 2. The van der Waals surface area contributed by atoms with Crippen LogP contribution in [0, 0.1) is 23.6 Å². The van der Waals surface area contributed by atoms with Gasteiger partial charge in [0.05, 0.1) is 18.1 Å². The van der Waals surface area contributed by atoms with Crippen LogP contribution < -0.4 is 10.6 Å². The summed E-state index contributed by atoms with van der Waals surface area (Å²) in [6.07, 6.45) is 5.81. The molecule has 2 saturated carbocycles. The molecule has 5 nitrogen and oxygen atoms in total. The number of nitrogens with zero attached hydrogens (tertiary/aromatic N) is 1. The molecule has 2 aliphatic carbocycles. The number of hydrogen-bond donors (Lipinski definition) is 2. The molecule has 8 heteroatoms. The molecule has 1 saturated heterocycles. The van der Waals surface area contributed by atoms with Gasteiger partial charge in [-0.05, 0) is 61.1 Å². The van der Waals surface area contributed by atoms with Crippen LogP contribution in [0.4, 0.5) is 4.39 Å². The molecule has 156 valence electrons. The summed E-state index contributed by atoms with van der Waals surface area (Å²) in [4.78, 5) is 4.66. The van der Waals surface area contributed by atoms with E-state index in [1.807, 2.05) is 6.07 Å². The number of benzene rings is 1. The molecule has 4 unspecified atom stereocenters. The zero-order chi connectivity index (χ0) is 18.9. The maximum Gasteiger partial charge on any atom is 0.191 e. The maximum absolute atomic E-state index is 13.4. The highest BCUT2D eigenvalue weighted by Gasteiger charge is 2.40. The van der Waals surface area contributed by atoms with Crippen molar-refractivity contribution in [3.63, 3.8) is 0 Å². The topological polar surface area (TPSA) is 70.6 Å². The first-order chi connectivity index (χ1) is 13.0. The highest BCUT2D eigenvalue weighted by atomic mass is 127. The minimum Gasteiger partial charge on any atom is -0.356 e. The lowest BCUT2D eigenvalue weighted by Crippen LogP contribution is -2.47. The Morgan fingerprint density at radius 2 is 2.07 bits per heavy atom. The third-order valence-corrected chi connectivity index (χ3v) is 8.09. The highest BCUT2D eigenvalue weighted by Crippen LogP contribution is 2.44. The van der Waals surface area contributed by atoms with Gasteiger partial charge in [-0.3, -0.25) is 0 Å². The van der Waals surface area contributed by atoms with E-state index in [9.17, 15) is 12.8 Å². The van der Waals surface area contributed by atoms with Crippen LogP contribution in [0.2, 0.25) is 0 Å². The van der Waals surface area contributed by atoms with E-state index >= 15 is 0 Å². The van der Waals surface area contributed by atoms with Crippen molar-refractivity contribution in [2.75, 3.05) is 18.1 Å². The Morgan fingerprint density at radius 3 is 2.71 bits per heavy atom. The van der Waals surface area contributed by atoms with Gasteiger partial charge in [0.15, 0.2) is 15.8 Å². The van der Waals surface area contributed by atoms with E-state index in [2.05, 4.69) is 15.6 Å². The van der Waals surface area contributed by atoms with Gasteiger partial charge in [-0.1, -0.05) is 18.6 Å². The Morgan fingerprint density at radius 1 is 1.21 bits per heavy atom. The Kier molecular flexibility index (Phi) is 7.22. The normalized spacial score (nSPS) is 30.8. The molecule has 1 aromatic carbocycles. The molecule has 1 aromatic rings. The molecule has 4 rings (SSSR count). The molecule has 1 heterocycles. The minimum absolute atomic E-state index is 0. The summed E-state index contributed by atoms with van der Waals surface area (Å²) in [7, 11) is -2.87. The summed E-state index contributed by atoms with van der Waals surface area (Å²) in [6, 6.07) is 6.93. The molecule has 2 N–H and O–H groups in total. The molecule has 0 aromatic heterocycles. The fourth-order valence-electron chi connectivity index (χ4n) is 4.83. The van der Waals surface area contributed by atoms with Crippen LogP contribution in [0.15, 0.2) is 29.3 Å². The zero-order valence-corrected chi connectivity index (χ0v) is 19.1. The largest absolute Gasteiger partial charge is 0.356 e. The summed E-state index contributed by atoms with van der Waals surface area (Å²) in [6.45, 7) is 1.01. The SMILES string of the molecule is I.O=S1(=O)CCC(CNC(=NCc2cccc(F)c2)NC2CC3CCC2C3)C1. The van der Waals surface area contributed by atoms with Gasteiger partial charge in [-0.25, -0.2) is 17.8 Å². The van der Waals surface area contributed by atoms with Crippen molar-refractivity contribution in [3.8, 4) is 0 Å². The first-order valence-corrected chi connectivity index (χ1v) is 11.8. The van der Waals surface area contributed by atoms with E-state index in [0.29, 0.717) is 31.5 Å². The molecule has 4 atom stereocenters. The van der Waals surface area contributed by atoms with Crippen molar-refractivity contribution in [2.24, 2.45) is 22.7 Å². The summed E-state index contributed by atoms with van der Waals surface area (Å²) in [5.74, 6) is 2.69. The molecule has 0 amide bonds. The minimum atomic E-state index is -2.87. The lowest BCUT2D eigenvalue weighted by molar-refractivity contribution is 0.386. The zero-order valence-electron chi connectivity index (χ0n) is 15.9. The molecular weight excluding hydrogens is 492 g/mol. The standard InChI is InChI=1S/C20H28FN3O2S.HI/c21-18-3-1-2-15(9-18)11-22-20(23-12-16-6-7-27(25,26)13-16)24-19-10-14-4-5-17(19)8-14;/h1-3,9,14,16-17,19H,4-8,10-13H2,(H2,22,23,24);1H. The van der Waals surface area contributed by atoms with E-state index in [4.69, 9.17) is 0 Å². The van der Waals surface area contributed by atoms with Crippen LogP contribution in [0.3, 0.4) is 0 Å². The van der Waals surface area contributed by atoms with Crippen molar-refractivity contribution in [3.05, 3.63) is 35.6 Å². The predicted octanol–water partition coefficient (Wildman–Crippen LogP) is 3.10. The van der Waals surface area contributed by atoms with Gasteiger partial charge in [-0.15, -0.1) is 24.0 Å². The lowest BCUT2D eigenvalue weighted by atomic mass is 9.95. The Bertz CT molecular complexity index is 817. The maximum atomic E-state index is 13.4. The molecule has 3 fully saturated rings. The van der Waals surface area contributed by atoms with Crippen molar-refractivity contribution >= 4 is 39.8 Å². The van der Waals surface area contributed by atoms with E-state index in [0.717, 1.165) is 17.4 Å². The average Bonchev–Trinajstić information content (AvgIpc) is 3.33. The summed E-state index contributed by atoms with van der Waals surface area (Å²) in [5.41, 5.74) is 0.826. The second-order valence-electron chi connectivity index (χ2n) is 8.37. The van der Waals surface area contributed by atoms with Gasteiger partial charge >= 0.3 is 0 Å². The third-order valence-electron chi connectivity index (χ3n) is 6.25.